The lowest BCUT2D eigenvalue weighted by Crippen LogP contribution is -2.47. The van der Waals surface area contributed by atoms with Crippen LogP contribution in [-0.2, 0) is 16.0 Å². The Morgan fingerprint density at radius 3 is 2.04 bits per heavy atom. The van der Waals surface area contributed by atoms with Gasteiger partial charge in [-0.1, -0.05) is 36.4 Å². The van der Waals surface area contributed by atoms with E-state index in [1.807, 2.05) is 12.1 Å². The molecule has 1 heterocycles. The summed E-state index contributed by atoms with van der Waals surface area (Å²) in [6, 6.07) is 11.1. The molecule has 4 amide bonds. The van der Waals surface area contributed by atoms with Crippen LogP contribution in [0.3, 0.4) is 0 Å². The lowest BCUT2D eigenvalue weighted by Gasteiger charge is -2.22. The van der Waals surface area contributed by atoms with E-state index in [1.54, 1.807) is 53.7 Å². The molecule has 51 heavy (non-hydrogen) atoms. The van der Waals surface area contributed by atoms with Gasteiger partial charge in [0.2, 0.25) is 11.9 Å². The lowest BCUT2D eigenvalue weighted by molar-refractivity contribution is -0.274. The number of alkyl carbamates (subject to hydrolysis) is 2. The zero-order valence-corrected chi connectivity index (χ0v) is 28.9. The second kappa shape index (κ2) is 17.3. The van der Waals surface area contributed by atoms with E-state index >= 15 is 0 Å². The molecule has 6 N–H and O–H groups in total. The van der Waals surface area contributed by atoms with Crippen LogP contribution in [0.4, 0.5) is 39.2 Å². The number of alkyl halides is 3. The predicted molar refractivity (Wildman–Crippen MR) is 183 cm³/mol. The fourth-order valence-electron chi connectivity index (χ4n) is 4.05. The maximum atomic E-state index is 12.7. The molecule has 0 radical (unpaired) electrons. The van der Waals surface area contributed by atoms with E-state index in [0.717, 1.165) is 11.6 Å². The molecule has 276 valence electrons. The van der Waals surface area contributed by atoms with Gasteiger partial charge in [-0.15, -0.1) is 13.2 Å². The second-order valence-corrected chi connectivity index (χ2v) is 12.8. The zero-order valence-electron chi connectivity index (χ0n) is 28.9. The number of carbonyl (C=O) groups excluding carboxylic acids is 3. The molecule has 1 aromatic heterocycles. The average Bonchev–Trinajstić information content (AvgIpc) is 2.97. The quantitative estimate of drug-likeness (QED) is 0.0844. The largest absolute Gasteiger partial charge is 0.573 e. The maximum absolute atomic E-state index is 12.7. The molecule has 0 spiro atoms. The molecule has 0 aliphatic carbocycles. The topological polar surface area (TPSA) is 197 Å². The van der Waals surface area contributed by atoms with Crippen molar-refractivity contribution < 1.29 is 41.8 Å². The number of benzene rings is 2. The second-order valence-electron chi connectivity index (χ2n) is 12.8. The van der Waals surface area contributed by atoms with Crippen molar-refractivity contribution in [2.75, 3.05) is 23.7 Å². The van der Waals surface area contributed by atoms with E-state index in [0.29, 0.717) is 25.1 Å². The van der Waals surface area contributed by atoms with Crippen LogP contribution < -0.4 is 36.9 Å². The third-order valence-electron chi connectivity index (χ3n) is 6.01. The highest BCUT2D eigenvalue weighted by molar-refractivity contribution is 6.01. The van der Waals surface area contributed by atoms with Crippen LogP contribution >= 0.6 is 0 Å². The van der Waals surface area contributed by atoms with Crippen molar-refractivity contribution >= 4 is 35.8 Å². The number of halogens is 3. The Kier molecular flexibility index (Phi) is 13.5. The van der Waals surface area contributed by atoms with Gasteiger partial charge in [-0.05, 0) is 77.8 Å². The Hall–Kier alpha value is -5.65. The highest BCUT2D eigenvalue weighted by Gasteiger charge is 2.32. The molecule has 0 bridgehead atoms. The normalized spacial score (nSPS) is 11.5. The number of aliphatic imine (C=N–C) groups is 1. The third kappa shape index (κ3) is 15.2. The first-order valence-electron chi connectivity index (χ1n) is 15.6. The zero-order chi connectivity index (χ0) is 37.8. The van der Waals surface area contributed by atoms with Gasteiger partial charge >= 0.3 is 24.6 Å². The van der Waals surface area contributed by atoms with E-state index in [9.17, 15) is 32.3 Å². The van der Waals surface area contributed by atoms with Gasteiger partial charge in [0.05, 0.1) is 11.3 Å². The third-order valence-corrected chi connectivity index (χ3v) is 6.01. The fourth-order valence-corrected chi connectivity index (χ4v) is 4.05. The van der Waals surface area contributed by atoms with Crippen LogP contribution in [0.1, 0.15) is 53.5 Å². The number of aromatic nitrogens is 2. The minimum Gasteiger partial charge on any atom is -0.444 e. The number of hydrogen-bond donors (Lipinski definition) is 6. The maximum Gasteiger partial charge on any atom is 0.573 e. The summed E-state index contributed by atoms with van der Waals surface area (Å²) in [7, 11) is 0. The first-order chi connectivity index (χ1) is 23.8. The Morgan fingerprint density at radius 1 is 0.863 bits per heavy atom. The van der Waals surface area contributed by atoms with Crippen LogP contribution in [0.5, 0.6) is 5.75 Å². The molecule has 2 aromatic carbocycles. The molecular formula is C33H41F3N8O7. The number of rotatable bonds is 10. The van der Waals surface area contributed by atoms with E-state index in [-0.39, 0.29) is 29.7 Å². The highest BCUT2D eigenvalue weighted by Crippen LogP contribution is 2.30. The van der Waals surface area contributed by atoms with E-state index in [4.69, 9.17) is 9.47 Å². The van der Waals surface area contributed by atoms with E-state index in [1.165, 1.54) is 24.4 Å². The number of guanidine groups is 1. The summed E-state index contributed by atoms with van der Waals surface area (Å²) >= 11 is 0. The number of amides is 4. The number of ether oxygens (including phenoxy) is 3. The smallest absolute Gasteiger partial charge is 0.444 e. The van der Waals surface area contributed by atoms with Crippen molar-refractivity contribution in [3.05, 3.63) is 70.6 Å². The van der Waals surface area contributed by atoms with Crippen molar-refractivity contribution in [3.63, 3.8) is 0 Å². The molecule has 0 atom stereocenters. The molecule has 0 unspecified atom stereocenters. The Morgan fingerprint density at radius 2 is 1.47 bits per heavy atom. The van der Waals surface area contributed by atoms with Gasteiger partial charge in [0.25, 0.3) is 5.56 Å². The summed E-state index contributed by atoms with van der Waals surface area (Å²) in [5.41, 5.74) is -0.626. The van der Waals surface area contributed by atoms with Gasteiger partial charge in [0, 0.05) is 19.3 Å². The molecule has 3 rings (SSSR count). The highest BCUT2D eigenvalue weighted by atomic mass is 19.4. The van der Waals surface area contributed by atoms with Gasteiger partial charge in [-0.2, -0.15) is 0 Å². The van der Waals surface area contributed by atoms with Crippen molar-refractivity contribution in [2.24, 2.45) is 4.99 Å². The Bertz CT molecular complexity index is 1720. The van der Waals surface area contributed by atoms with Gasteiger partial charge in [0.15, 0.2) is 5.75 Å². The molecule has 0 aliphatic rings. The molecule has 0 aliphatic heterocycles. The van der Waals surface area contributed by atoms with Crippen molar-refractivity contribution in [3.8, 4) is 16.9 Å². The SMILES string of the molecule is CC(C)(C)OC(=O)NC(=NCCCNCc1ccc(-c2cnc(NC(=O)Nc3ccccc3OC(F)(F)F)[nH]c2=O)cc1)NC(=O)OC(C)(C)C. The van der Waals surface area contributed by atoms with Crippen molar-refractivity contribution in [2.45, 2.75) is 72.1 Å². The number of nitrogens with one attached hydrogen (secondary N) is 6. The van der Waals surface area contributed by atoms with E-state index < -0.39 is 47.1 Å². The van der Waals surface area contributed by atoms with Crippen molar-refractivity contribution in [1.29, 1.82) is 0 Å². The average molecular weight is 719 g/mol. The number of para-hydroxylation sites is 2. The summed E-state index contributed by atoms with van der Waals surface area (Å²) in [5.74, 6) is -0.946. The van der Waals surface area contributed by atoms with Gasteiger partial charge in [-0.25, -0.2) is 19.4 Å². The summed E-state index contributed by atoms with van der Waals surface area (Å²) < 4.78 is 52.4. The molecular weight excluding hydrogens is 677 g/mol. The van der Waals surface area contributed by atoms with Crippen LogP contribution in [0, 0.1) is 0 Å². The number of aromatic amines is 1. The molecule has 0 saturated heterocycles. The number of carbonyl (C=O) groups is 3. The Labute approximate surface area is 291 Å². The lowest BCUT2D eigenvalue weighted by atomic mass is 10.1. The van der Waals surface area contributed by atoms with Gasteiger partial charge in [-0.3, -0.25) is 30.7 Å². The minimum absolute atomic E-state index is 0.105. The number of hydrogen-bond acceptors (Lipinski definition) is 10. The van der Waals surface area contributed by atoms with Crippen molar-refractivity contribution in [1.82, 2.24) is 25.9 Å². The summed E-state index contributed by atoms with van der Waals surface area (Å²) in [4.78, 5) is 60.3. The predicted octanol–water partition coefficient (Wildman–Crippen LogP) is 5.86. The first-order valence-corrected chi connectivity index (χ1v) is 15.6. The van der Waals surface area contributed by atoms with Gasteiger partial charge < -0.3 is 24.8 Å². The summed E-state index contributed by atoms with van der Waals surface area (Å²) in [5, 5.41) is 12.6. The molecule has 18 heteroatoms. The number of nitrogens with zero attached hydrogens (tertiary/aromatic N) is 2. The standard InChI is InChI=1S/C33H41F3N8O7/c1-31(2,3)50-29(47)43-26(44-30(48)51-32(4,5)6)38-17-9-16-37-18-20-12-14-21(15-13-20)22-19-39-27(41-25(22)45)42-28(46)40-23-10-7-8-11-24(23)49-33(34,35)36/h7-8,10-15,19,37H,9,16-18H2,1-6H3,(H2,38,43,44,47,48)(H3,39,40,41,42,45,46). The molecule has 15 nitrogen and oxygen atoms in total. The number of H-pyrrole nitrogens is 1. The molecule has 3 aromatic rings. The van der Waals surface area contributed by atoms with Crippen LogP contribution in [-0.4, -0.2) is 64.8 Å². The summed E-state index contributed by atoms with van der Waals surface area (Å²) in [6.45, 7) is 11.5. The number of anilines is 2. The fraction of sp³-hybridized carbons (Fsp3) is 0.394. The summed E-state index contributed by atoms with van der Waals surface area (Å²) in [6.07, 6.45) is -4.71. The number of urea groups is 1. The Balaban J connectivity index is 1.51. The minimum atomic E-state index is -4.96. The van der Waals surface area contributed by atoms with Crippen LogP contribution in [0.25, 0.3) is 11.1 Å². The molecule has 0 fully saturated rings. The monoisotopic (exact) mass is 718 g/mol. The first kappa shape index (κ1) is 39.8. The van der Waals surface area contributed by atoms with E-state index in [2.05, 4.69) is 46.3 Å². The van der Waals surface area contributed by atoms with Gasteiger partial charge in [0.1, 0.15) is 11.2 Å². The van der Waals surface area contributed by atoms with Crippen LogP contribution in [0.2, 0.25) is 0 Å². The van der Waals surface area contributed by atoms with Crippen LogP contribution in [0.15, 0.2) is 64.5 Å². The molecule has 0 saturated carbocycles.